The average Bonchev–Trinajstić information content (AvgIpc) is 3.11. The van der Waals surface area contributed by atoms with Gasteiger partial charge in [-0.25, -0.2) is 9.69 Å². The maximum absolute atomic E-state index is 13.0. The van der Waals surface area contributed by atoms with Gasteiger partial charge in [-0.1, -0.05) is 61.8 Å². The van der Waals surface area contributed by atoms with Gasteiger partial charge in [0.1, 0.15) is 5.58 Å². The number of primary amides is 1. The number of hydrogen-bond acceptors (Lipinski definition) is 2. The van der Waals surface area contributed by atoms with Gasteiger partial charge in [0.15, 0.2) is 0 Å². The summed E-state index contributed by atoms with van der Waals surface area (Å²) in [7, 11) is 0. The number of hydrogen-bond donors (Lipinski definition) is 1. The quantitative estimate of drug-likeness (QED) is 0.341. The van der Waals surface area contributed by atoms with Crippen LogP contribution in [0.3, 0.4) is 0 Å². The highest BCUT2D eigenvalue weighted by molar-refractivity contribution is 6.34. The molecule has 32 heavy (non-hydrogen) atoms. The van der Waals surface area contributed by atoms with E-state index in [4.69, 9.17) is 21.8 Å². The lowest BCUT2D eigenvalue weighted by Gasteiger charge is -2.25. The lowest BCUT2D eigenvalue weighted by Crippen LogP contribution is -2.33. The van der Waals surface area contributed by atoms with Crippen molar-refractivity contribution in [3.05, 3.63) is 81.9 Å². The van der Waals surface area contributed by atoms with Gasteiger partial charge in [0.2, 0.25) is 5.88 Å². The second-order valence-electron chi connectivity index (χ2n) is 8.00. The number of urea groups is 1. The van der Waals surface area contributed by atoms with Gasteiger partial charge < -0.3 is 10.2 Å². The third kappa shape index (κ3) is 3.65. The lowest BCUT2D eigenvalue weighted by molar-refractivity contribution is 0.255. The van der Waals surface area contributed by atoms with E-state index in [9.17, 15) is 4.79 Å². The van der Waals surface area contributed by atoms with E-state index in [2.05, 4.69) is 26.8 Å². The Morgan fingerprint density at radius 1 is 0.969 bits per heavy atom. The smallest absolute Gasteiger partial charge is 0.326 e. The van der Waals surface area contributed by atoms with Crippen LogP contribution in [0.5, 0.6) is 0 Å². The van der Waals surface area contributed by atoms with Crippen molar-refractivity contribution in [2.45, 2.75) is 40.5 Å². The molecule has 0 aliphatic heterocycles. The van der Waals surface area contributed by atoms with Gasteiger partial charge in [-0.15, -0.1) is 0 Å². The molecule has 0 aliphatic rings. The molecule has 0 atom stereocenters. The molecular weight excluding hydrogens is 420 g/mol. The van der Waals surface area contributed by atoms with Crippen LogP contribution in [0.15, 0.2) is 59.0 Å². The number of fused-ring (bicyclic) bond motifs is 1. The number of amides is 2. The first-order valence-corrected chi connectivity index (χ1v) is 11.2. The highest BCUT2D eigenvalue weighted by Gasteiger charge is 2.29. The average molecular weight is 447 g/mol. The Hall–Kier alpha value is -3.24. The number of anilines is 2. The van der Waals surface area contributed by atoms with Crippen LogP contribution in [-0.2, 0) is 12.8 Å². The first-order valence-electron chi connectivity index (χ1n) is 10.9. The number of benzene rings is 3. The molecule has 4 nitrogen and oxygen atoms in total. The number of para-hydroxylation sites is 1. The summed E-state index contributed by atoms with van der Waals surface area (Å²) in [6.07, 6.45) is 1.51. The number of furan rings is 1. The fraction of sp³-hybridized carbons (Fsp3) is 0.222. The normalized spacial score (nSPS) is 11.2. The zero-order valence-corrected chi connectivity index (χ0v) is 19.6. The van der Waals surface area contributed by atoms with E-state index in [1.165, 1.54) is 4.90 Å². The van der Waals surface area contributed by atoms with Crippen molar-refractivity contribution in [1.82, 2.24) is 0 Å². The molecule has 5 heteroatoms. The van der Waals surface area contributed by atoms with E-state index in [-0.39, 0.29) is 0 Å². The van der Waals surface area contributed by atoms with Gasteiger partial charge in [-0.3, -0.25) is 0 Å². The molecule has 1 heterocycles. The predicted octanol–water partition coefficient (Wildman–Crippen LogP) is 7.71. The van der Waals surface area contributed by atoms with Crippen molar-refractivity contribution in [2.24, 2.45) is 5.73 Å². The van der Waals surface area contributed by atoms with Gasteiger partial charge in [-0.05, 0) is 67.1 Å². The molecule has 0 radical (unpaired) electrons. The first kappa shape index (κ1) is 22.0. The lowest BCUT2D eigenvalue weighted by atomic mass is 9.98. The number of carbonyl (C=O) groups is 1. The van der Waals surface area contributed by atoms with Crippen LogP contribution < -0.4 is 10.6 Å². The number of nitrogens with two attached hydrogens (primary N) is 1. The second-order valence-corrected chi connectivity index (χ2v) is 8.41. The molecule has 1 aromatic heterocycles. The Balaban J connectivity index is 2.13. The molecule has 3 aromatic carbocycles. The molecule has 164 valence electrons. The summed E-state index contributed by atoms with van der Waals surface area (Å²) in [6.45, 7) is 8.24. The van der Waals surface area contributed by atoms with E-state index in [0.29, 0.717) is 16.5 Å². The number of halogens is 1. The minimum atomic E-state index is -0.596. The third-order valence-corrected chi connectivity index (χ3v) is 6.37. The van der Waals surface area contributed by atoms with Gasteiger partial charge in [0.25, 0.3) is 0 Å². The van der Waals surface area contributed by atoms with Crippen molar-refractivity contribution >= 4 is 40.2 Å². The summed E-state index contributed by atoms with van der Waals surface area (Å²) in [5, 5.41) is 1.48. The number of aryl methyl sites for hydroxylation is 4. The van der Waals surface area contributed by atoms with Crippen LogP contribution in [0, 0.1) is 13.8 Å². The molecule has 0 unspecified atom stereocenters. The minimum absolute atomic E-state index is 0.390. The molecule has 0 aliphatic carbocycles. The molecule has 0 spiro atoms. The second kappa shape index (κ2) is 8.71. The van der Waals surface area contributed by atoms with Crippen molar-refractivity contribution in [3.63, 3.8) is 0 Å². The molecule has 4 rings (SSSR count). The van der Waals surface area contributed by atoms with E-state index >= 15 is 0 Å². The van der Waals surface area contributed by atoms with E-state index in [0.717, 1.165) is 57.3 Å². The molecule has 2 amide bonds. The number of carbonyl (C=O) groups excluding carboxylic acids is 1. The van der Waals surface area contributed by atoms with E-state index in [1.54, 1.807) is 0 Å². The maximum atomic E-state index is 13.0. The zero-order chi connectivity index (χ0) is 23.0. The fourth-order valence-corrected chi connectivity index (χ4v) is 4.47. The van der Waals surface area contributed by atoms with Crippen LogP contribution >= 0.6 is 11.6 Å². The summed E-state index contributed by atoms with van der Waals surface area (Å²) in [6, 6.07) is 17.1. The summed E-state index contributed by atoms with van der Waals surface area (Å²) in [4.78, 5) is 14.5. The predicted molar refractivity (Wildman–Crippen MR) is 133 cm³/mol. The maximum Gasteiger partial charge on any atom is 0.326 e. The van der Waals surface area contributed by atoms with Crippen molar-refractivity contribution < 1.29 is 9.21 Å². The molecule has 0 fully saturated rings. The standard InChI is InChI=1S/C27H27ClN2O2/c1-5-18-10-9-11-19(6-2)25(18)30(27(29)31)26-24(20-12-7-8-13-22(20)28)21-14-16(3)17(4)15-23(21)32-26/h7-15H,5-6H2,1-4H3,(H2,29,31). The van der Waals surface area contributed by atoms with Crippen LogP contribution in [0.4, 0.5) is 16.4 Å². The van der Waals surface area contributed by atoms with E-state index < -0.39 is 6.03 Å². The Labute approximate surface area is 193 Å². The fourth-order valence-electron chi connectivity index (χ4n) is 4.24. The first-order chi connectivity index (χ1) is 15.4. The summed E-state index contributed by atoms with van der Waals surface area (Å²) in [5.74, 6) is 0.390. The van der Waals surface area contributed by atoms with Crippen LogP contribution in [0.2, 0.25) is 5.02 Å². The van der Waals surface area contributed by atoms with Crippen LogP contribution in [-0.4, -0.2) is 6.03 Å². The van der Waals surface area contributed by atoms with Crippen molar-refractivity contribution in [3.8, 4) is 11.1 Å². The minimum Gasteiger partial charge on any atom is -0.439 e. The summed E-state index contributed by atoms with van der Waals surface area (Å²) >= 11 is 6.63. The summed E-state index contributed by atoms with van der Waals surface area (Å²) in [5.41, 5.74) is 13.3. The topological polar surface area (TPSA) is 59.5 Å². The van der Waals surface area contributed by atoms with Crippen LogP contribution in [0.1, 0.15) is 36.1 Å². The van der Waals surface area contributed by atoms with E-state index in [1.807, 2.05) is 55.5 Å². The van der Waals surface area contributed by atoms with Gasteiger partial charge in [0, 0.05) is 16.0 Å². The molecule has 0 saturated heterocycles. The van der Waals surface area contributed by atoms with Crippen molar-refractivity contribution in [1.29, 1.82) is 0 Å². The highest BCUT2D eigenvalue weighted by atomic mass is 35.5. The summed E-state index contributed by atoms with van der Waals surface area (Å²) < 4.78 is 6.39. The Kier molecular flexibility index (Phi) is 5.98. The van der Waals surface area contributed by atoms with Gasteiger partial charge >= 0.3 is 6.03 Å². The Morgan fingerprint density at radius 3 is 2.19 bits per heavy atom. The van der Waals surface area contributed by atoms with Crippen LogP contribution in [0.25, 0.3) is 22.1 Å². The van der Waals surface area contributed by atoms with Gasteiger partial charge in [-0.2, -0.15) is 0 Å². The monoisotopic (exact) mass is 446 g/mol. The van der Waals surface area contributed by atoms with Gasteiger partial charge in [0.05, 0.1) is 11.3 Å². The molecule has 4 aromatic rings. The SMILES string of the molecule is CCc1cccc(CC)c1N(C(N)=O)c1oc2cc(C)c(C)cc2c1-c1ccccc1Cl. The molecular formula is C27H27ClN2O2. The number of rotatable bonds is 5. The third-order valence-electron chi connectivity index (χ3n) is 6.04. The van der Waals surface area contributed by atoms with Crippen molar-refractivity contribution in [2.75, 3.05) is 4.90 Å². The highest BCUT2D eigenvalue weighted by Crippen LogP contribution is 2.47. The molecule has 0 bridgehead atoms. The Bertz CT molecular complexity index is 1300. The largest absolute Gasteiger partial charge is 0.439 e. The zero-order valence-electron chi connectivity index (χ0n) is 18.8. The number of nitrogens with zero attached hydrogens (tertiary/aromatic N) is 1. The molecule has 0 saturated carbocycles. The molecule has 2 N–H and O–H groups in total. The Morgan fingerprint density at radius 2 is 1.59 bits per heavy atom.